The zero-order chi connectivity index (χ0) is 15.3. The molecule has 112 valence electrons. The van der Waals surface area contributed by atoms with Crippen LogP contribution in [0.4, 0.5) is 23.7 Å². The van der Waals surface area contributed by atoms with E-state index in [9.17, 15) is 18.0 Å². The molecule has 2 rings (SSSR count). The lowest BCUT2D eigenvalue weighted by Crippen LogP contribution is -2.23. The van der Waals surface area contributed by atoms with Crippen LogP contribution in [0.2, 0.25) is 0 Å². The van der Waals surface area contributed by atoms with Crippen molar-refractivity contribution in [1.29, 1.82) is 0 Å². The van der Waals surface area contributed by atoms with E-state index >= 15 is 0 Å². The van der Waals surface area contributed by atoms with Gasteiger partial charge in [-0.1, -0.05) is 30.3 Å². The number of halogens is 3. The summed E-state index contributed by atoms with van der Waals surface area (Å²) in [4.78, 5) is 11.2. The molecule has 1 aromatic heterocycles. The lowest BCUT2D eigenvalue weighted by Gasteiger charge is -2.07. The molecule has 0 aliphatic rings. The molecule has 0 aliphatic heterocycles. The Balaban J connectivity index is 1.87. The average molecular weight is 299 g/mol. The van der Waals surface area contributed by atoms with Crippen molar-refractivity contribution in [2.75, 3.05) is 11.9 Å². The van der Waals surface area contributed by atoms with Gasteiger partial charge in [-0.3, -0.25) is 10.00 Å². The highest BCUT2D eigenvalue weighted by Crippen LogP contribution is 2.15. The number of aromatic nitrogens is 2. The minimum Gasteiger partial charge on any atom is -0.440 e. The minimum absolute atomic E-state index is 0.262. The molecule has 0 unspecified atom stereocenters. The predicted octanol–water partition coefficient (Wildman–Crippen LogP) is 3.04. The van der Waals surface area contributed by atoms with E-state index < -0.39 is 18.9 Å². The van der Waals surface area contributed by atoms with Crippen LogP contribution >= 0.6 is 0 Å². The van der Waals surface area contributed by atoms with Gasteiger partial charge in [0.15, 0.2) is 6.61 Å². The Bertz CT molecular complexity index is 596. The SMILES string of the molecule is O=C(Nc1cnn(Cc2ccccc2)c1)OCC(F)(F)F. The van der Waals surface area contributed by atoms with Crippen molar-refractivity contribution in [3.63, 3.8) is 0 Å². The van der Waals surface area contributed by atoms with Crippen LogP contribution in [-0.2, 0) is 11.3 Å². The Morgan fingerprint density at radius 2 is 2.00 bits per heavy atom. The van der Waals surface area contributed by atoms with Crippen LogP contribution in [-0.4, -0.2) is 28.7 Å². The van der Waals surface area contributed by atoms with Crippen LogP contribution in [0.1, 0.15) is 5.56 Å². The third-order valence-corrected chi connectivity index (χ3v) is 2.43. The number of anilines is 1. The third-order valence-electron chi connectivity index (χ3n) is 2.43. The van der Waals surface area contributed by atoms with Gasteiger partial charge in [0.25, 0.3) is 0 Å². The molecule has 0 radical (unpaired) electrons. The van der Waals surface area contributed by atoms with Crippen molar-refractivity contribution < 1.29 is 22.7 Å². The smallest absolute Gasteiger partial charge is 0.422 e. The molecule has 8 heteroatoms. The molecular formula is C13H12F3N3O2. The lowest BCUT2D eigenvalue weighted by molar-refractivity contribution is -0.159. The number of hydrogen-bond acceptors (Lipinski definition) is 3. The molecule has 0 spiro atoms. The summed E-state index contributed by atoms with van der Waals surface area (Å²) >= 11 is 0. The molecule has 0 fully saturated rings. The summed E-state index contributed by atoms with van der Waals surface area (Å²) in [7, 11) is 0. The molecule has 0 saturated carbocycles. The van der Waals surface area contributed by atoms with Crippen molar-refractivity contribution in [2.45, 2.75) is 12.7 Å². The molecule has 1 amide bonds. The Labute approximate surface area is 118 Å². The number of rotatable bonds is 4. The number of benzene rings is 1. The molecule has 1 heterocycles. The largest absolute Gasteiger partial charge is 0.440 e. The van der Waals surface area contributed by atoms with Crippen molar-refractivity contribution in [3.05, 3.63) is 48.3 Å². The molecular weight excluding hydrogens is 287 g/mol. The van der Waals surface area contributed by atoms with Crippen LogP contribution in [0.25, 0.3) is 0 Å². The monoisotopic (exact) mass is 299 g/mol. The van der Waals surface area contributed by atoms with Crippen LogP contribution in [0.3, 0.4) is 0 Å². The molecule has 2 aromatic rings. The number of carbonyl (C=O) groups is 1. The van der Waals surface area contributed by atoms with Crippen LogP contribution in [0.15, 0.2) is 42.7 Å². The Morgan fingerprint density at radius 1 is 1.29 bits per heavy atom. The quantitative estimate of drug-likeness (QED) is 0.944. The van der Waals surface area contributed by atoms with E-state index in [1.165, 1.54) is 12.4 Å². The number of nitrogens with zero attached hydrogens (tertiary/aromatic N) is 2. The fraction of sp³-hybridized carbons (Fsp3) is 0.231. The van der Waals surface area contributed by atoms with Gasteiger partial charge in [0.1, 0.15) is 0 Å². The van der Waals surface area contributed by atoms with Gasteiger partial charge >= 0.3 is 12.3 Å². The number of carbonyl (C=O) groups excluding carboxylic acids is 1. The van der Waals surface area contributed by atoms with E-state index in [2.05, 4.69) is 15.2 Å². The second-order valence-electron chi connectivity index (χ2n) is 4.23. The molecule has 0 saturated heterocycles. The maximum absolute atomic E-state index is 11.9. The summed E-state index contributed by atoms with van der Waals surface area (Å²) in [6, 6.07) is 9.47. The molecule has 0 bridgehead atoms. The number of nitrogens with one attached hydrogen (secondary N) is 1. The number of ether oxygens (including phenoxy) is 1. The minimum atomic E-state index is -4.55. The van der Waals surface area contributed by atoms with Crippen LogP contribution in [0.5, 0.6) is 0 Å². The Hall–Kier alpha value is -2.51. The van der Waals surface area contributed by atoms with Crippen LogP contribution in [0, 0.1) is 0 Å². The molecule has 21 heavy (non-hydrogen) atoms. The van der Waals surface area contributed by atoms with Gasteiger partial charge in [-0.15, -0.1) is 0 Å². The average Bonchev–Trinajstić information content (AvgIpc) is 2.84. The van der Waals surface area contributed by atoms with E-state index in [4.69, 9.17) is 0 Å². The van der Waals surface area contributed by atoms with Gasteiger partial charge in [0.2, 0.25) is 0 Å². The summed E-state index contributed by atoms with van der Waals surface area (Å²) < 4.78 is 41.2. The van der Waals surface area contributed by atoms with E-state index in [1.54, 1.807) is 4.68 Å². The highest BCUT2D eigenvalue weighted by Gasteiger charge is 2.29. The fourth-order valence-electron chi connectivity index (χ4n) is 1.59. The van der Waals surface area contributed by atoms with Gasteiger partial charge in [-0.25, -0.2) is 4.79 Å². The summed E-state index contributed by atoms with van der Waals surface area (Å²) in [5.74, 6) is 0. The summed E-state index contributed by atoms with van der Waals surface area (Å²) in [5.41, 5.74) is 1.27. The van der Waals surface area contributed by atoms with E-state index in [0.717, 1.165) is 5.56 Å². The molecule has 1 aromatic carbocycles. The molecule has 5 nitrogen and oxygen atoms in total. The zero-order valence-corrected chi connectivity index (χ0v) is 10.8. The summed E-state index contributed by atoms with van der Waals surface area (Å²) in [6.45, 7) is -1.14. The van der Waals surface area contributed by atoms with E-state index in [-0.39, 0.29) is 5.69 Å². The number of hydrogen-bond donors (Lipinski definition) is 1. The van der Waals surface area contributed by atoms with Gasteiger partial charge in [0.05, 0.1) is 18.4 Å². The molecule has 1 N–H and O–H groups in total. The third kappa shape index (κ3) is 5.17. The fourth-order valence-corrected chi connectivity index (χ4v) is 1.59. The van der Waals surface area contributed by atoms with E-state index in [0.29, 0.717) is 6.54 Å². The standard InChI is InChI=1S/C13H12F3N3O2/c14-13(15,16)9-21-12(20)18-11-6-17-19(8-11)7-10-4-2-1-3-5-10/h1-6,8H,7,9H2,(H,18,20). The predicted molar refractivity (Wildman–Crippen MR) is 68.8 cm³/mol. The van der Waals surface area contributed by atoms with Crippen molar-refractivity contribution in [2.24, 2.45) is 0 Å². The van der Waals surface area contributed by atoms with Gasteiger partial charge in [-0.05, 0) is 5.56 Å². The Morgan fingerprint density at radius 3 is 2.67 bits per heavy atom. The number of alkyl halides is 3. The second-order valence-corrected chi connectivity index (χ2v) is 4.23. The second kappa shape index (κ2) is 6.29. The zero-order valence-electron chi connectivity index (χ0n) is 10.8. The topological polar surface area (TPSA) is 56.2 Å². The first-order valence-electron chi connectivity index (χ1n) is 5.99. The van der Waals surface area contributed by atoms with Gasteiger partial charge < -0.3 is 4.74 Å². The van der Waals surface area contributed by atoms with E-state index in [1.807, 2.05) is 30.3 Å². The summed E-state index contributed by atoms with van der Waals surface area (Å²) in [5, 5.41) is 6.17. The van der Waals surface area contributed by atoms with Crippen molar-refractivity contribution >= 4 is 11.8 Å². The first-order chi connectivity index (χ1) is 9.92. The van der Waals surface area contributed by atoms with Gasteiger partial charge in [0, 0.05) is 6.20 Å². The highest BCUT2D eigenvalue weighted by atomic mass is 19.4. The van der Waals surface area contributed by atoms with Crippen LogP contribution < -0.4 is 5.32 Å². The highest BCUT2D eigenvalue weighted by molar-refractivity contribution is 5.84. The lowest BCUT2D eigenvalue weighted by atomic mass is 10.2. The normalized spacial score (nSPS) is 11.2. The van der Waals surface area contributed by atoms with Crippen molar-refractivity contribution in [1.82, 2.24) is 9.78 Å². The first-order valence-corrected chi connectivity index (χ1v) is 5.99. The molecule has 0 aliphatic carbocycles. The maximum Gasteiger partial charge on any atom is 0.422 e. The summed E-state index contributed by atoms with van der Waals surface area (Å²) in [6.07, 6.45) is -2.89. The Kier molecular flexibility index (Phi) is 4.46. The van der Waals surface area contributed by atoms with Crippen molar-refractivity contribution in [3.8, 4) is 0 Å². The number of amides is 1. The van der Waals surface area contributed by atoms with Gasteiger partial charge in [-0.2, -0.15) is 18.3 Å². The maximum atomic E-state index is 11.9. The molecule has 0 atom stereocenters. The first kappa shape index (κ1) is 14.9.